The summed E-state index contributed by atoms with van der Waals surface area (Å²) in [5, 5.41) is 27.2. The fourth-order valence-corrected chi connectivity index (χ4v) is 2.59. The van der Waals surface area contributed by atoms with Crippen molar-refractivity contribution in [3.8, 4) is 0 Å². The maximum atomic E-state index is 11.6. The normalized spacial score (nSPS) is 29.5. The van der Waals surface area contributed by atoms with Gasteiger partial charge in [0.25, 0.3) is 0 Å². The van der Waals surface area contributed by atoms with Gasteiger partial charge in [-0.05, 0) is 33.6 Å². The minimum Gasteiger partial charge on any atom is -0.465 e. The van der Waals surface area contributed by atoms with E-state index in [4.69, 9.17) is 26.4 Å². The predicted octanol–water partition coefficient (Wildman–Crippen LogP) is -0.626. The van der Waals surface area contributed by atoms with Gasteiger partial charge >= 0.3 is 12.2 Å². The van der Waals surface area contributed by atoms with Gasteiger partial charge in [0, 0.05) is 31.7 Å². The number of rotatable bonds is 0. The SMILES string of the molecule is CC(C)(C)OC(=O)N1CC[C@@H](N)[C@@H](O)C1.N[C@@H]1CN(C(=O)O)CC[C@@H]1O. The van der Waals surface area contributed by atoms with Crippen molar-refractivity contribution in [1.29, 1.82) is 0 Å². The predicted molar refractivity (Wildman–Crippen MR) is 94.6 cm³/mol. The van der Waals surface area contributed by atoms with Gasteiger partial charge in [0.2, 0.25) is 0 Å². The summed E-state index contributed by atoms with van der Waals surface area (Å²) >= 11 is 0. The standard InChI is InChI=1S/C10H20N2O3.C6H12N2O3/c1-10(2,3)15-9(14)12-5-4-7(11)8(13)6-12;7-4-3-8(6(10)11)2-1-5(4)9/h7-8,13H,4-6,11H2,1-3H3;4-5,9H,1-3,7H2,(H,10,11)/t7-,8+;4-,5+/m11/s1. The van der Waals surface area contributed by atoms with Gasteiger partial charge in [0.05, 0.1) is 18.8 Å². The van der Waals surface area contributed by atoms with Gasteiger partial charge in [-0.2, -0.15) is 0 Å². The third-order valence-electron chi connectivity index (χ3n) is 4.18. The molecule has 0 unspecified atom stereocenters. The highest BCUT2D eigenvalue weighted by atomic mass is 16.6. The molecule has 0 aromatic carbocycles. The van der Waals surface area contributed by atoms with Crippen LogP contribution in [0, 0.1) is 0 Å². The molecule has 2 heterocycles. The first-order valence-electron chi connectivity index (χ1n) is 8.73. The molecule has 2 aliphatic heterocycles. The molecule has 0 radical (unpaired) electrons. The summed E-state index contributed by atoms with van der Waals surface area (Å²) in [4.78, 5) is 24.7. The summed E-state index contributed by atoms with van der Waals surface area (Å²) in [7, 11) is 0. The topological polar surface area (TPSA) is 163 Å². The van der Waals surface area contributed by atoms with E-state index in [-0.39, 0.29) is 25.2 Å². The van der Waals surface area contributed by atoms with Crippen LogP contribution in [-0.4, -0.2) is 93.4 Å². The molecule has 0 aromatic rings. The van der Waals surface area contributed by atoms with Crippen LogP contribution in [0.3, 0.4) is 0 Å². The average molecular weight is 376 g/mol. The third-order valence-corrected chi connectivity index (χ3v) is 4.18. The summed E-state index contributed by atoms with van der Waals surface area (Å²) in [6.45, 7) is 6.87. The fraction of sp³-hybridized carbons (Fsp3) is 0.875. The van der Waals surface area contributed by atoms with Crippen molar-refractivity contribution in [1.82, 2.24) is 9.80 Å². The van der Waals surface area contributed by atoms with E-state index in [0.717, 1.165) is 0 Å². The Morgan fingerprint density at radius 3 is 2.00 bits per heavy atom. The lowest BCUT2D eigenvalue weighted by Crippen LogP contribution is -2.53. The zero-order valence-electron chi connectivity index (χ0n) is 15.7. The van der Waals surface area contributed by atoms with Crippen LogP contribution in [-0.2, 0) is 4.74 Å². The highest BCUT2D eigenvalue weighted by Gasteiger charge is 2.30. The van der Waals surface area contributed by atoms with Gasteiger partial charge in [-0.1, -0.05) is 0 Å². The second-order valence-corrected chi connectivity index (χ2v) is 7.69. The molecule has 7 N–H and O–H groups in total. The number of hydrogen-bond donors (Lipinski definition) is 5. The second kappa shape index (κ2) is 9.36. The van der Waals surface area contributed by atoms with E-state index in [2.05, 4.69) is 0 Å². The van der Waals surface area contributed by atoms with Crippen molar-refractivity contribution in [3.05, 3.63) is 0 Å². The number of hydrogen-bond acceptors (Lipinski definition) is 7. The largest absolute Gasteiger partial charge is 0.465 e. The fourth-order valence-electron chi connectivity index (χ4n) is 2.59. The van der Waals surface area contributed by atoms with Crippen molar-refractivity contribution < 1.29 is 29.6 Å². The number of carbonyl (C=O) groups excluding carboxylic acids is 1. The molecule has 2 amide bonds. The summed E-state index contributed by atoms with van der Waals surface area (Å²) < 4.78 is 5.20. The lowest BCUT2D eigenvalue weighted by atomic mass is 10.0. The molecule has 0 aromatic heterocycles. The van der Waals surface area contributed by atoms with E-state index in [0.29, 0.717) is 25.9 Å². The Morgan fingerprint density at radius 1 is 0.962 bits per heavy atom. The number of nitrogens with two attached hydrogens (primary N) is 2. The first-order valence-corrected chi connectivity index (χ1v) is 8.73. The van der Waals surface area contributed by atoms with Crippen molar-refractivity contribution in [2.24, 2.45) is 11.5 Å². The Kier molecular flexibility index (Phi) is 8.07. The molecule has 0 bridgehead atoms. The van der Waals surface area contributed by atoms with Crippen LogP contribution in [0.15, 0.2) is 0 Å². The number of ether oxygens (including phenoxy) is 1. The Hall–Kier alpha value is -1.62. The van der Waals surface area contributed by atoms with Crippen LogP contribution in [0.4, 0.5) is 9.59 Å². The number of aliphatic hydroxyl groups is 2. The third kappa shape index (κ3) is 7.32. The van der Waals surface area contributed by atoms with Crippen LogP contribution < -0.4 is 11.5 Å². The lowest BCUT2D eigenvalue weighted by Gasteiger charge is -2.35. The highest BCUT2D eigenvalue weighted by Crippen LogP contribution is 2.14. The van der Waals surface area contributed by atoms with Gasteiger partial charge in [-0.15, -0.1) is 0 Å². The van der Waals surface area contributed by atoms with E-state index in [9.17, 15) is 14.7 Å². The number of nitrogens with zero attached hydrogens (tertiary/aromatic N) is 2. The summed E-state index contributed by atoms with van der Waals surface area (Å²) in [5.74, 6) is 0. The Labute approximate surface area is 153 Å². The summed E-state index contributed by atoms with van der Waals surface area (Å²) in [6, 6.07) is -0.663. The number of carbonyl (C=O) groups is 2. The minimum absolute atomic E-state index is 0.233. The molecule has 2 rings (SSSR count). The molecule has 26 heavy (non-hydrogen) atoms. The van der Waals surface area contributed by atoms with E-state index in [1.54, 1.807) is 0 Å². The molecule has 0 aliphatic carbocycles. The number of β-amino-alcohol motifs (C(OH)–C–C–N with tert-alkyl or cyclic N) is 1. The Balaban J connectivity index is 0.000000273. The smallest absolute Gasteiger partial charge is 0.410 e. The molecule has 0 saturated carbocycles. The van der Waals surface area contributed by atoms with Crippen molar-refractivity contribution in [2.75, 3.05) is 26.2 Å². The number of likely N-dealkylation sites (tertiary alicyclic amines) is 2. The zero-order valence-corrected chi connectivity index (χ0v) is 15.7. The molecule has 152 valence electrons. The Morgan fingerprint density at radius 2 is 1.54 bits per heavy atom. The number of aliphatic hydroxyl groups excluding tert-OH is 2. The molecule has 2 aliphatic rings. The van der Waals surface area contributed by atoms with Crippen molar-refractivity contribution in [3.63, 3.8) is 0 Å². The summed E-state index contributed by atoms with van der Waals surface area (Å²) in [5.41, 5.74) is 10.6. The quantitative estimate of drug-likeness (QED) is 0.373. The van der Waals surface area contributed by atoms with Crippen LogP contribution in [0.5, 0.6) is 0 Å². The molecule has 10 nitrogen and oxygen atoms in total. The first-order chi connectivity index (χ1) is 11.9. The zero-order chi connectivity index (χ0) is 20.1. The first kappa shape index (κ1) is 22.4. The van der Waals surface area contributed by atoms with Gasteiger partial charge in [-0.3, -0.25) is 0 Å². The van der Waals surface area contributed by atoms with E-state index in [1.165, 1.54) is 9.80 Å². The van der Waals surface area contributed by atoms with Crippen LogP contribution in [0.1, 0.15) is 33.6 Å². The molecule has 2 fully saturated rings. The molecular formula is C16H32N4O6. The number of piperidine rings is 2. The van der Waals surface area contributed by atoms with E-state index < -0.39 is 29.9 Å². The van der Waals surface area contributed by atoms with Gasteiger partial charge < -0.3 is 41.3 Å². The molecule has 2 saturated heterocycles. The van der Waals surface area contributed by atoms with Crippen LogP contribution in [0.25, 0.3) is 0 Å². The second-order valence-electron chi connectivity index (χ2n) is 7.69. The number of amides is 2. The number of carboxylic acid groups (broad SMARTS) is 1. The highest BCUT2D eigenvalue weighted by molar-refractivity contribution is 5.68. The van der Waals surface area contributed by atoms with Gasteiger partial charge in [0.1, 0.15) is 5.60 Å². The maximum Gasteiger partial charge on any atom is 0.410 e. The Bertz CT molecular complexity index is 484. The monoisotopic (exact) mass is 376 g/mol. The van der Waals surface area contributed by atoms with Crippen LogP contribution in [0.2, 0.25) is 0 Å². The van der Waals surface area contributed by atoms with E-state index in [1.807, 2.05) is 20.8 Å². The summed E-state index contributed by atoms with van der Waals surface area (Å²) in [6.07, 6.45) is -1.49. The lowest BCUT2D eigenvalue weighted by molar-refractivity contribution is -0.000615. The molecule has 10 heteroatoms. The van der Waals surface area contributed by atoms with Gasteiger partial charge in [0.15, 0.2) is 0 Å². The average Bonchev–Trinajstić information content (AvgIpc) is 2.51. The molecular weight excluding hydrogens is 344 g/mol. The molecule has 0 spiro atoms. The van der Waals surface area contributed by atoms with E-state index >= 15 is 0 Å². The maximum absolute atomic E-state index is 11.6. The van der Waals surface area contributed by atoms with Crippen molar-refractivity contribution >= 4 is 12.2 Å². The van der Waals surface area contributed by atoms with Crippen LogP contribution >= 0.6 is 0 Å². The van der Waals surface area contributed by atoms with Crippen molar-refractivity contribution in [2.45, 2.75) is 63.5 Å². The molecule has 4 atom stereocenters. The van der Waals surface area contributed by atoms with Gasteiger partial charge in [-0.25, -0.2) is 9.59 Å². The minimum atomic E-state index is -0.965.